The summed E-state index contributed by atoms with van der Waals surface area (Å²) in [5.74, 6) is -0.351. The van der Waals surface area contributed by atoms with Crippen molar-refractivity contribution >= 4 is 35.8 Å². The molecule has 1 aromatic rings. The topological polar surface area (TPSA) is 58.2 Å². The van der Waals surface area contributed by atoms with E-state index in [2.05, 4.69) is 23.3 Å². The van der Waals surface area contributed by atoms with E-state index in [0.717, 1.165) is 0 Å². The average molecular weight is 224 g/mol. The quantitative estimate of drug-likeness (QED) is 0.672. The highest BCUT2D eigenvalue weighted by Crippen LogP contribution is 2.28. The SMILES string of the molecule is CC(=O)Nc1cccc(NC(C)=O)c1S. The Balaban J connectivity index is 2.99. The van der Waals surface area contributed by atoms with Gasteiger partial charge in [-0.1, -0.05) is 6.07 Å². The second-order valence-electron chi connectivity index (χ2n) is 3.06. The molecule has 1 aromatic carbocycles. The Kier molecular flexibility index (Phi) is 3.74. The first-order chi connectivity index (χ1) is 7.00. The summed E-state index contributed by atoms with van der Waals surface area (Å²) in [6, 6.07) is 5.17. The second kappa shape index (κ2) is 4.84. The molecule has 0 atom stereocenters. The molecule has 0 saturated heterocycles. The Morgan fingerprint density at radius 3 is 1.80 bits per heavy atom. The fourth-order valence-corrected chi connectivity index (χ4v) is 1.39. The Morgan fingerprint density at radius 1 is 1.07 bits per heavy atom. The second-order valence-corrected chi connectivity index (χ2v) is 3.51. The monoisotopic (exact) mass is 224 g/mol. The number of carbonyl (C=O) groups is 2. The van der Waals surface area contributed by atoms with E-state index in [0.29, 0.717) is 16.3 Å². The molecule has 0 aliphatic rings. The first-order valence-electron chi connectivity index (χ1n) is 4.38. The lowest BCUT2D eigenvalue weighted by atomic mass is 10.2. The van der Waals surface area contributed by atoms with Crippen molar-refractivity contribution in [3.8, 4) is 0 Å². The minimum absolute atomic E-state index is 0.176. The third kappa shape index (κ3) is 3.28. The van der Waals surface area contributed by atoms with Crippen LogP contribution >= 0.6 is 12.6 Å². The predicted octanol–water partition coefficient (Wildman–Crippen LogP) is 1.89. The molecule has 0 aromatic heterocycles. The van der Waals surface area contributed by atoms with E-state index >= 15 is 0 Å². The van der Waals surface area contributed by atoms with Crippen LogP contribution in [0.25, 0.3) is 0 Å². The zero-order valence-electron chi connectivity index (χ0n) is 8.50. The van der Waals surface area contributed by atoms with Crippen LogP contribution in [0.4, 0.5) is 11.4 Å². The highest BCUT2D eigenvalue weighted by atomic mass is 32.1. The van der Waals surface area contributed by atoms with Gasteiger partial charge in [0.25, 0.3) is 0 Å². The maximum absolute atomic E-state index is 10.9. The summed E-state index contributed by atoms with van der Waals surface area (Å²) < 4.78 is 0. The fraction of sp³-hybridized carbons (Fsp3) is 0.200. The molecule has 0 saturated carbocycles. The molecule has 1 rings (SSSR count). The van der Waals surface area contributed by atoms with Gasteiger partial charge in [-0.2, -0.15) is 0 Å². The van der Waals surface area contributed by atoms with E-state index < -0.39 is 0 Å². The van der Waals surface area contributed by atoms with Crippen LogP contribution in [0.15, 0.2) is 23.1 Å². The van der Waals surface area contributed by atoms with E-state index in [1.54, 1.807) is 18.2 Å². The fourth-order valence-electron chi connectivity index (χ4n) is 1.12. The summed E-state index contributed by atoms with van der Waals surface area (Å²) in [6.07, 6.45) is 0. The number of anilines is 2. The van der Waals surface area contributed by atoms with E-state index in [1.165, 1.54) is 13.8 Å². The maximum atomic E-state index is 10.9. The van der Waals surface area contributed by atoms with Crippen molar-refractivity contribution in [1.82, 2.24) is 0 Å². The van der Waals surface area contributed by atoms with Crippen LogP contribution in [0, 0.1) is 0 Å². The number of hydrogen-bond donors (Lipinski definition) is 3. The summed E-state index contributed by atoms with van der Waals surface area (Å²) in [5, 5.41) is 5.24. The van der Waals surface area contributed by atoms with Gasteiger partial charge < -0.3 is 10.6 Å². The number of amides is 2. The van der Waals surface area contributed by atoms with Crippen molar-refractivity contribution in [3.05, 3.63) is 18.2 Å². The number of rotatable bonds is 2. The van der Waals surface area contributed by atoms with Crippen molar-refractivity contribution in [2.24, 2.45) is 0 Å². The molecule has 4 nitrogen and oxygen atoms in total. The summed E-state index contributed by atoms with van der Waals surface area (Å²) in [7, 11) is 0. The Labute approximate surface area is 93.5 Å². The Morgan fingerprint density at radius 2 is 1.47 bits per heavy atom. The Bertz CT molecular complexity index is 370. The number of hydrogen-bond acceptors (Lipinski definition) is 3. The van der Waals surface area contributed by atoms with Crippen LogP contribution in [0.3, 0.4) is 0 Å². The molecule has 5 heteroatoms. The molecule has 0 radical (unpaired) electrons. The van der Waals surface area contributed by atoms with Crippen molar-refractivity contribution in [2.75, 3.05) is 10.6 Å². The van der Waals surface area contributed by atoms with Crippen molar-refractivity contribution < 1.29 is 9.59 Å². The van der Waals surface area contributed by atoms with Crippen LogP contribution < -0.4 is 10.6 Å². The van der Waals surface area contributed by atoms with Crippen molar-refractivity contribution in [3.63, 3.8) is 0 Å². The van der Waals surface area contributed by atoms with Gasteiger partial charge in [0.1, 0.15) is 0 Å². The molecular weight excluding hydrogens is 212 g/mol. The molecule has 0 bridgehead atoms. The standard InChI is InChI=1S/C10H12N2O2S/c1-6(13)11-8-4-3-5-9(10(8)15)12-7(2)14/h3-5,15H,1-2H3,(H,11,13)(H,12,14). The van der Waals surface area contributed by atoms with Gasteiger partial charge >= 0.3 is 0 Å². The van der Waals surface area contributed by atoms with Crippen LogP contribution in [0.1, 0.15) is 13.8 Å². The number of carbonyl (C=O) groups excluding carboxylic acids is 2. The van der Waals surface area contributed by atoms with Gasteiger partial charge in [-0.15, -0.1) is 12.6 Å². The van der Waals surface area contributed by atoms with Gasteiger partial charge in [0.05, 0.1) is 16.3 Å². The lowest BCUT2D eigenvalue weighted by Crippen LogP contribution is -2.10. The summed E-state index contributed by atoms with van der Waals surface area (Å²) in [6.45, 7) is 2.83. The summed E-state index contributed by atoms with van der Waals surface area (Å²) in [5.41, 5.74) is 1.16. The van der Waals surface area contributed by atoms with E-state index in [9.17, 15) is 9.59 Å². The molecule has 0 spiro atoms. The highest BCUT2D eigenvalue weighted by Gasteiger charge is 2.06. The van der Waals surface area contributed by atoms with Crippen molar-refractivity contribution in [1.29, 1.82) is 0 Å². The molecule has 0 unspecified atom stereocenters. The molecule has 0 aliphatic carbocycles. The number of thiol groups is 1. The molecule has 15 heavy (non-hydrogen) atoms. The van der Waals surface area contributed by atoms with Crippen LogP contribution in [0.2, 0.25) is 0 Å². The Hall–Kier alpha value is -1.49. The first-order valence-corrected chi connectivity index (χ1v) is 4.82. The minimum Gasteiger partial charge on any atom is -0.325 e. The van der Waals surface area contributed by atoms with E-state index in [1.807, 2.05) is 0 Å². The number of benzene rings is 1. The van der Waals surface area contributed by atoms with Gasteiger partial charge in [0.2, 0.25) is 11.8 Å². The van der Waals surface area contributed by atoms with Gasteiger partial charge in [-0.3, -0.25) is 9.59 Å². The lowest BCUT2D eigenvalue weighted by Gasteiger charge is -2.10. The molecule has 0 aliphatic heterocycles. The molecule has 2 amide bonds. The average Bonchev–Trinajstić information content (AvgIpc) is 2.10. The number of nitrogens with one attached hydrogen (secondary N) is 2. The van der Waals surface area contributed by atoms with Crippen LogP contribution in [-0.4, -0.2) is 11.8 Å². The largest absolute Gasteiger partial charge is 0.325 e. The highest BCUT2D eigenvalue weighted by molar-refractivity contribution is 7.80. The van der Waals surface area contributed by atoms with Gasteiger partial charge in [0, 0.05) is 13.8 Å². The molecule has 0 heterocycles. The van der Waals surface area contributed by atoms with Crippen LogP contribution in [-0.2, 0) is 9.59 Å². The summed E-state index contributed by atoms with van der Waals surface area (Å²) >= 11 is 4.23. The third-order valence-corrected chi connectivity index (χ3v) is 2.14. The van der Waals surface area contributed by atoms with Crippen LogP contribution in [0.5, 0.6) is 0 Å². The van der Waals surface area contributed by atoms with E-state index in [4.69, 9.17) is 0 Å². The summed E-state index contributed by atoms with van der Waals surface area (Å²) in [4.78, 5) is 22.3. The van der Waals surface area contributed by atoms with Gasteiger partial charge in [-0.25, -0.2) is 0 Å². The van der Waals surface area contributed by atoms with Gasteiger partial charge in [0.15, 0.2) is 0 Å². The molecule has 0 fully saturated rings. The normalized spacial score (nSPS) is 9.53. The smallest absolute Gasteiger partial charge is 0.221 e. The zero-order chi connectivity index (χ0) is 11.4. The van der Waals surface area contributed by atoms with E-state index in [-0.39, 0.29) is 11.8 Å². The molecule has 2 N–H and O–H groups in total. The molecular formula is C10H12N2O2S. The molecule has 80 valence electrons. The van der Waals surface area contributed by atoms with Crippen molar-refractivity contribution in [2.45, 2.75) is 18.7 Å². The lowest BCUT2D eigenvalue weighted by molar-refractivity contribution is -0.115. The maximum Gasteiger partial charge on any atom is 0.221 e. The predicted molar refractivity (Wildman–Crippen MR) is 62.3 cm³/mol. The van der Waals surface area contributed by atoms with Gasteiger partial charge in [-0.05, 0) is 12.1 Å². The first kappa shape index (κ1) is 11.6. The minimum atomic E-state index is -0.176. The zero-order valence-corrected chi connectivity index (χ0v) is 9.39. The third-order valence-electron chi connectivity index (χ3n) is 1.66.